The summed E-state index contributed by atoms with van der Waals surface area (Å²) < 4.78 is 3.60. The van der Waals surface area contributed by atoms with Crippen LogP contribution in [0.1, 0.15) is 25.0 Å². The van der Waals surface area contributed by atoms with Crippen molar-refractivity contribution >= 4 is 54.1 Å². The van der Waals surface area contributed by atoms with E-state index in [-0.39, 0.29) is 5.41 Å². The Hall–Kier alpha value is -3.95. The molecular formula is C32H22N2S. The highest BCUT2D eigenvalue weighted by atomic mass is 32.1. The molecule has 0 N–H and O–H groups in total. The van der Waals surface area contributed by atoms with Crippen molar-refractivity contribution in [1.29, 1.82) is 0 Å². The first-order valence-corrected chi connectivity index (χ1v) is 12.9. The number of hydrogen-bond acceptors (Lipinski definition) is 2. The maximum Gasteiger partial charge on any atom is 0.195 e. The van der Waals surface area contributed by atoms with Crippen LogP contribution in [0, 0.1) is 0 Å². The van der Waals surface area contributed by atoms with E-state index >= 15 is 0 Å². The monoisotopic (exact) mass is 466 g/mol. The van der Waals surface area contributed by atoms with Crippen LogP contribution in [0.15, 0.2) is 97.1 Å². The van der Waals surface area contributed by atoms with Crippen molar-refractivity contribution in [2.45, 2.75) is 19.3 Å². The molecule has 0 saturated heterocycles. The van der Waals surface area contributed by atoms with Crippen molar-refractivity contribution in [3.63, 3.8) is 0 Å². The second-order valence-electron chi connectivity index (χ2n) is 10.0. The van der Waals surface area contributed by atoms with Crippen molar-refractivity contribution in [3.8, 4) is 16.3 Å². The van der Waals surface area contributed by atoms with Gasteiger partial charge in [0.15, 0.2) is 5.13 Å². The molecule has 1 aliphatic carbocycles. The molecule has 0 saturated carbocycles. The van der Waals surface area contributed by atoms with Crippen LogP contribution >= 0.6 is 11.3 Å². The second-order valence-corrected chi connectivity index (χ2v) is 11.0. The first kappa shape index (κ1) is 19.4. The molecule has 35 heavy (non-hydrogen) atoms. The normalized spacial score (nSPS) is 14.2. The number of benzene rings is 5. The van der Waals surface area contributed by atoms with Gasteiger partial charge in [-0.2, -0.15) is 0 Å². The standard InChI is InChI=1S/C32H22N2S/c1-32(2)25-11-5-3-9-19(25)21-15-18-24-22(29(21)32)16-17-23-20-10-4-7-13-27(20)34(30(23)24)31-33-26-12-6-8-14-28(26)35-31/h3-18H,1-2H3. The Morgan fingerprint density at radius 2 is 1.37 bits per heavy atom. The molecule has 0 bridgehead atoms. The van der Waals surface area contributed by atoms with Gasteiger partial charge in [-0.05, 0) is 45.8 Å². The van der Waals surface area contributed by atoms with Crippen molar-refractivity contribution in [3.05, 3.63) is 108 Å². The summed E-state index contributed by atoms with van der Waals surface area (Å²) in [5.74, 6) is 0. The molecule has 0 fully saturated rings. The Morgan fingerprint density at radius 3 is 2.29 bits per heavy atom. The van der Waals surface area contributed by atoms with Gasteiger partial charge in [-0.15, -0.1) is 0 Å². The van der Waals surface area contributed by atoms with E-state index in [1.165, 1.54) is 59.5 Å². The molecule has 3 heteroatoms. The fourth-order valence-electron chi connectivity index (χ4n) is 6.31. The van der Waals surface area contributed by atoms with Gasteiger partial charge in [-0.3, -0.25) is 4.57 Å². The van der Waals surface area contributed by atoms with Crippen LogP contribution in [0.4, 0.5) is 0 Å². The average molecular weight is 467 g/mol. The third kappa shape index (κ3) is 2.41. The summed E-state index contributed by atoms with van der Waals surface area (Å²) in [6, 6.07) is 35.4. The predicted octanol–water partition coefficient (Wildman–Crippen LogP) is 8.85. The number of nitrogens with zero attached hydrogens (tertiary/aromatic N) is 2. The highest BCUT2D eigenvalue weighted by molar-refractivity contribution is 7.20. The van der Waals surface area contributed by atoms with Gasteiger partial charge in [0.25, 0.3) is 0 Å². The van der Waals surface area contributed by atoms with E-state index in [9.17, 15) is 0 Å². The fourth-order valence-corrected chi connectivity index (χ4v) is 7.30. The third-order valence-electron chi connectivity index (χ3n) is 7.82. The van der Waals surface area contributed by atoms with Gasteiger partial charge in [0.1, 0.15) is 0 Å². The van der Waals surface area contributed by atoms with Gasteiger partial charge in [0.05, 0.1) is 21.3 Å². The van der Waals surface area contributed by atoms with Gasteiger partial charge in [-0.25, -0.2) is 4.98 Å². The average Bonchev–Trinajstić information content (AvgIpc) is 3.53. The molecule has 0 spiro atoms. The Labute approximate surface area is 207 Å². The lowest BCUT2D eigenvalue weighted by atomic mass is 9.80. The summed E-state index contributed by atoms with van der Waals surface area (Å²) in [6.45, 7) is 4.73. The highest BCUT2D eigenvalue weighted by Gasteiger charge is 2.37. The minimum absolute atomic E-state index is 0.0498. The lowest BCUT2D eigenvalue weighted by Crippen LogP contribution is -2.15. The van der Waals surface area contributed by atoms with Crippen LogP contribution in [0.5, 0.6) is 0 Å². The maximum atomic E-state index is 5.08. The zero-order valence-electron chi connectivity index (χ0n) is 19.5. The minimum Gasteiger partial charge on any atom is -0.285 e. The summed E-state index contributed by atoms with van der Waals surface area (Å²) in [6.07, 6.45) is 0. The zero-order chi connectivity index (χ0) is 23.3. The molecule has 0 amide bonds. The molecule has 2 nitrogen and oxygen atoms in total. The van der Waals surface area contributed by atoms with Crippen molar-refractivity contribution in [2.75, 3.05) is 0 Å². The van der Waals surface area contributed by atoms with Crippen molar-refractivity contribution in [1.82, 2.24) is 9.55 Å². The van der Waals surface area contributed by atoms with Crippen LogP contribution in [0.2, 0.25) is 0 Å². The van der Waals surface area contributed by atoms with Gasteiger partial charge in [-0.1, -0.05) is 104 Å². The number of rotatable bonds is 1. The second kappa shape index (κ2) is 6.59. The summed E-state index contributed by atoms with van der Waals surface area (Å²) in [4.78, 5) is 5.08. The van der Waals surface area contributed by atoms with Gasteiger partial charge in [0, 0.05) is 21.6 Å². The number of hydrogen-bond donors (Lipinski definition) is 0. The SMILES string of the molecule is CC1(C)c2ccccc2-c2ccc3c(ccc4c5ccccc5n(-c5nc6ccccc6s5)c34)c21. The van der Waals surface area contributed by atoms with Crippen LogP contribution in [0.25, 0.3) is 59.1 Å². The number of aromatic nitrogens is 2. The summed E-state index contributed by atoms with van der Waals surface area (Å²) in [5.41, 5.74) is 9.02. The topological polar surface area (TPSA) is 17.8 Å². The molecule has 1 aliphatic rings. The lowest BCUT2D eigenvalue weighted by Gasteiger charge is -2.23. The maximum absolute atomic E-state index is 5.08. The van der Waals surface area contributed by atoms with Crippen molar-refractivity contribution in [2.24, 2.45) is 0 Å². The molecule has 0 atom stereocenters. The molecule has 166 valence electrons. The Bertz CT molecular complexity index is 1950. The molecule has 2 aromatic heterocycles. The Balaban J connectivity index is 1.55. The van der Waals surface area contributed by atoms with E-state index in [1.54, 1.807) is 11.3 Å². The predicted molar refractivity (Wildman–Crippen MR) is 149 cm³/mol. The summed E-state index contributed by atoms with van der Waals surface area (Å²) in [5, 5.41) is 6.19. The Morgan fingerprint density at radius 1 is 0.657 bits per heavy atom. The molecule has 2 heterocycles. The molecule has 5 aromatic carbocycles. The van der Waals surface area contributed by atoms with E-state index in [0.29, 0.717) is 0 Å². The molecule has 0 radical (unpaired) electrons. The lowest BCUT2D eigenvalue weighted by molar-refractivity contribution is 0.666. The first-order valence-electron chi connectivity index (χ1n) is 12.1. The van der Waals surface area contributed by atoms with E-state index in [1.807, 2.05) is 0 Å². The number of thiazole rings is 1. The molecule has 7 aromatic rings. The molecule has 8 rings (SSSR count). The quantitative estimate of drug-likeness (QED) is 0.236. The zero-order valence-corrected chi connectivity index (χ0v) is 20.4. The fraction of sp³-hybridized carbons (Fsp3) is 0.0938. The third-order valence-corrected chi connectivity index (χ3v) is 8.84. The first-order chi connectivity index (χ1) is 17.1. The van der Waals surface area contributed by atoms with Crippen LogP contribution in [-0.2, 0) is 5.41 Å². The summed E-state index contributed by atoms with van der Waals surface area (Å²) >= 11 is 1.76. The van der Waals surface area contributed by atoms with Gasteiger partial charge < -0.3 is 0 Å². The van der Waals surface area contributed by atoms with Crippen LogP contribution in [0.3, 0.4) is 0 Å². The van der Waals surface area contributed by atoms with E-state index in [2.05, 4.69) is 115 Å². The smallest absolute Gasteiger partial charge is 0.195 e. The van der Waals surface area contributed by atoms with E-state index in [0.717, 1.165) is 10.6 Å². The van der Waals surface area contributed by atoms with Gasteiger partial charge in [0.2, 0.25) is 0 Å². The summed E-state index contributed by atoms with van der Waals surface area (Å²) in [7, 11) is 0. The largest absolute Gasteiger partial charge is 0.285 e. The van der Waals surface area contributed by atoms with Gasteiger partial charge >= 0.3 is 0 Å². The molecular weight excluding hydrogens is 444 g/mol. The van der Waals surface area contributed by atoms with E-state index in [4.69, 9.17) is 4.98 Å². The van der Waals surface area contributed by atoms with Crippen LogP contribution < -0.4 is 0 Å². The highest BCUT2D eigenvalue weighted by Crippen LogP contribution is 2.52. The number of para-hydroxylation sites is 2. The minimum atomic E-state index is -0.0498. The Kier molecular flexibility index (Phi) is 3.64. The van der Waals surface area contributed by atoms with Crippen LogP contribution in [-0.4, -0.2) is 9.55 Å². The van der Waals surface area contributed by atoms with E-state index < -0.39 is 0 Å². The molecule has 0 aliphatic heterocycles. The number of fused-ring (bicyclic) bond motifs is 10. The van der Waals surface area contributed by atoms with Crippen molar-refractivity contribution < 1.29 is 0 Å². The molecule has 0 unspecified atom stereocenters.